The number of aryl methyl sites for hydroxylation is 1. The van der Waals surface area contributed by atoms with Gasteiger partial charge in [0.25, 0.3) is 11.8 Å². The Labute approximate surface area is 166 Å². The van der Waals surface area contributed by atoms with Crippen molar-refractivity contribution >= 4 is 27.7 Å². The molecule has 0 spiro atoms. The molecule has 0 aliphatic heterocycles. The lowest BCUT2D eigenvalue weighted by atomic mass is 10.2. The third kappa shape index (κ3) is 5.62. The Morgan fingerprint density at radius 2 is 1.67 bits per heavy atom. The van der Waals surface area contributed by atoms with Crippen LogP contribution >= 0.6 is 15.9 Å². The van der Waals surface area contributed by atoms with Crippen molar-refractivity contribution in [3.8, 4) is 17.2 Å². The summed E-state index contributed by atoms with van der Waals surface area (Å²) >= 11 is 3.41. The summed E-state index contributed by atoms with van der Waals surface area (Å²) in [6, 6.07) is 10.3. The minimum atomic E-state index is -0.490. The Bertz CT molecular complexity index is 826. The first kappa shape index (κ1) is 20.6. The number of hydrogen-bond donors (Lipinski definition) is 2. The molecule has 8 heteroatoms. The fourth-order valence-electron chi connectivity index (χ4n) is 2.24. The molecule has 2 rings (SSSR count). The lowest BCUT2D eigenvalue weighted by Crippen LogP contribution is -2.43. The van der Waals surface area contributed by atoms with Gasteiger partial charge in [-0.05, 0) is 58.2 Å². The quantitative estimate of drug-likeness (QED) is 0.651. The average molecular weight is 437 g/mol. The van der Waals surface area contributed by atoms with Gasteiger partial charge in [0, 0.05) is 5.56 Å². The fourth-order valence-corrected chi connectivity index (χ4v) is 2.78. The minimum Gasteiger partial charge on any atom is -0.493 e. The highest BCUT2D eigenvalue weighted by Gasteiger charge is 2.12. The fraction of sp³-hybridized carbons (Fsp3) is 0.263. The maximum Gasteiger partial charge on any atom is 0.276 e. The summed E-state index contributed by atoms with van der Waals surface area (Å²) in [5.41, 5.74) is 6.10. The van der Waals surface area contributed by atoms with Crippen molar-refractivity contribution in [2.24, 2.45) is 0 Å². The molecule has 2 amide bonds. The molecule has 0 unspecified atom stereocenters. The number of hydrogen-bond acceptors (Lipinski definition) is 5. The molecule has 0 aliphatic carbocycles. The molecular formula is C19H21BrN2O5. The maximum absolute atomic E-state index is 12.1. The van der Waals surface area contributed by atoms with E-state index in [0.717, 1.165) is 16.5 Å². The summed E-state index contributed by atoms with van der Waals surface area (Å²) in [6.07, 6.45) is 0.904. The lowest BCUT2D eigenvalue weighted by molar-refractivity contribution is -0.123. The zero-order valence-electron chi connectivity index (χ0n) is 15.3. The zero-order chi connectivity index (χ0) is 19.8. The van der Waals surface area contributed by atoms with Gasteiger partial charge in [0.05, 0.1) is 18.7 Å². The highest BCUT2D eigenvalue weighted by Crippen LogP contribution is 2.27. The van der Waals surface area contributed by atoms with Gasteiger partial charge in [-0.3, -0.25) is 20.4 Å². The van der Waals surface area contributed by atoms with E-state index in [4.69, 9.17) is 14.2 Å². The van der Waals surface area contributed by atoms with Gasteiger partial charge in [-0.2, -0.15) is 0 Å². The van der Waals surface area contributed by atoms with Gasteiger partial charge >= 0.3 is 0 Å². The van der Waals surface area contributed by atoms with Crippen molar-refractivity contribution in [1.29, 1.82) is 0 Å². The van der Waals surface area contributed by atoms with E-state index in [1.807, 2.05) is 12.1 Å². The molecule has 2 N–H and O–H groups in total. The molecule has 0 aliphatic rings. The third-order valence-corrected chi connectivity index (χ3v) is 4.34. The number of amides is 2. The van der Waals surface area contributed by atoms with Crippen molar-refractivity contribution in [3.05, 3.63) is 52.0 Å². The van der Waals surface area contributed by atoms with Crippen LogP contribution in [0, 0.1) is 0 Å². The van der Waals surface area contributed by atoms with E-state index < -0.39 is 11.8 Å². The number of hydrazine groups is 1. The second-order valence-corrected chi connectivity index (χ2v) is 6.33. The molecule has 0 bridgehead atoms. The van der Waals surface area contributed by atoms with Crippen LogP contribution in [0.15, 0.2) is 40.9 Å². The van der Waals surface area contributed by atoms with Crippen LogP contribution in [0.1, 0.15) is 22.8 Å². The van der Waals surface area contributed by atoms with E-state index in [2.05, 4.69) is 33.7 Å². The molecule has 7 nitrogen and oxygen atoms in total. The second-order valence-electron chi connectivity index (χ2n) is 5.48. The molecule has 0 aromatic heterocycles. The first-order chi connectivity index (χ1) is 13.0. The van der Waals surface area contributed by atoms with Crippen LogP contribution in [0.4, 0.5) is 0 Å². The van der Waals surface area contributed by atoms with Crippen LogP contribution in [-0.4, -0.2) is 32.6 Å². The first-order valence-electron chi connectivity index (χ1n) is 8.21. The second kappa shape index (κ2) is 9.82. The van der Waals surface area contributed by atoms with Crippen LogP contribution < -0.4 is 25.1 Å². The van der Waals surface area contributed by atoms with Crippen LogP contribution in [0.3, 0.4) is 0 Å². The van der Waals surface area contributed by atoms with Gasteiger partial charge in [0.2, 0.25) is 0 Å². The average Bonchev–Trinajstić information content (AvgIpc) is 2.70. The Morgan fingerprint density at radius 1 is 0.963 bits per heavy atom. The molecule has 0 fully saturated rings. The van der Waals surface area contributed by atoms with Gasteiger partial charge in [-0.25, -0.2) is 0 Å². The van der Waals surface area contributed by atoms with Gasteiger partial charge in [0.15, 0.2) is 18.1 Å². The van der Waals surface area contributed by atoms with E-state index in [9.17, 15) is 9.59 Å². The van der Waals surface area contributed by atoms with Crippen molar-refractivity contribution in [1.82, 2.24) is 10.9 Å². The lowest BCUT2D eigenvalue weighted by Gasteiger charge is -2.12. The number of carbonyl (C=O) groups is 2. The van der Waals surface area contributed by atoms with Crippen LogP contribution in [0.5, 0.6) is 17.2 Å². The Balaban J connectivity index is 1.87. The molecule has 27 heavy (non-hydrogen) atoms. The molecule has 0 radical (unpaired) electrons. The van der Waals surface area contributed by atoms with Crippen molar-refractivity contribution in [2.75, 3.05) is 20.8 Å². The van der Waals surface area contributed by atoms with E-state index in [0.29, 0.717) is 22.8 Å². The third-order valence-electron chi connectivity index (χ3n) is 3.72. The number of benzene rings is 2. The highest BCUT2D eigenvalue weighted by atomic mass is 79.9. The standard InChI is InChI=1S/C19H21BrN2O5/c1-4-12-5-7-15(14(20)9-12)27-11-18(23)21-22-19(24)13-6-8-16(25-2)17(10-13)26-3/h5-10H,4,11H2,1-3H3,(H,21,23)(H,22,24). The van der Waals surface area contributed by atoms with Gasteiger partial charge in [0.1, 0.15) is 5.75 Å². The summed E-state index contributed by atoms with van der Waals surface area (Å²) in [5, 5.41) is 0. The van der Waals surface area contributed by atoms with Gasteiger partial charge in [-0.15, -0.1) is 0 Å². The highest BCUT2D eigenvalue weighted by molar-refractivity contribution is 9.10. The van der Waals surface area contributed by atoms with Crippen LogP contribution in [0.2, 0.25) is 0 Å². The van der Waals surface area contributed by atoms with E-state index in [1.165, 1.54) is 20.3 Å². The molecule has 0 saturated carbocycles. The minimum absolute atomic E-state index is 0.240. The Morgan fingerprint density at radius 3 is 2.30 bits per heavy atom. The summed E-state index contributed by atoms with van der Waals surface area (Å²) in [4.78, 5) is 24.0. The van der Waals surface area contributed by atoms with Gasteiger partial charge < -0.3 is 14.2 Å². The molecule has 144 valence electrons. The number of carbonyl (C=O) groups excluding carboxylic acids is 2. The van der Waals surface area contributed by atoms with E-state index in [-0.39, 0.29) is 6.61 Å². The molecule has 2 aromatic rings. The number of nitrogens with one attached hydrogen (secondary N) is 2. The monoisotopic (exact) mass is 436 g/mol. The predicted molar refractivity (Wildman–Crippen MR) is 104 cm³/mol. The van der Waals surface area contributed by atoms with E-state index >= 15 is 0 Å². The van der Waals surface area contributed by atoms with Crippen LogP contribution in [0.25, 0.3) is 0 Å². The van der Waals surface area contributed by atoms with Crippen LogP contribution in [-0.2, 0) is 11.2 Å². The van der Waals surface area contributed by atoms with Crippen molar-refractivity contribution in [2.45, 2.75) is 13.3 Å². The molecule has 0 atom stereocenters. The Hall–Kier alpha value is -2.74. The number of halogens is 1. The topological polar surface area (TPSA) is 85.9 Å². The SMILES string of the molecule is CCc1ccc(OCC(=O)NNC(=O)c2ccc(OC)c(OC)c2)c(Br)c1. The smallest absolute Gasteiger partial charge is 0.276 e. The Kier molecular flexibility index (Phi) is 7.48. The number of ether oxygens (including phenoxy) is 3. The van der Waals surface area contributed by atoms with Crippen molar-refractivity contribution < 1.29 is 23.8 Å². The number of methoxy groups -OCH3 is 2. The van der Waals surface area contributed by atoms with E-state index in [1.54, 1.807) is 18.2 Å². The molecule has 0 saturated heterocycles. The first-order valence-corrected chi connectivity index (χ1v) is 9.00. The summed E-state index contributed by atoms with van der Waals surface area (Å²) in [6.45, 7) is 1.81. The summed E-state index contributed by atoms with van der Waals surface area (Å²) in [5.74, 6) is 0.494. The summed E-state index contributed by atoms with van der Waals surface area (Å²) < 4.78 is 16.5. The summed E-state index contributed by atoms with van der Waals surface area (Å²) in [7, 11) is 2.98. The largest absolute Gasteiger partial charge is 0.493 e. The maximum atomic E-state index is 12.1. The zero-order valence-corrected chi connectivity index (χ0v) is 16.9. The molecule has 0 heterocycles. The molecular weight excluding hydrogens is 416 g/mol. The number of rotatable bonds is 7. The normalized spacial score (nSPS) is 10.1. The van der Waals surface area contributed by atoms with Gasteiger partial charge in [-0.1, -0.05) is 13.0 Å². The predicted octanol–water partition coefficient (Wildman–Crippen LogP) is 2.87. The molecule has 2 aromatic carbocycles. The van der Waals surface area contributed by atoms with Crippen molar-refractivity contribution in [3.63, 3.8) is 0 Å².